The molecule has 1 N–H and O–H groups in total. The van der Waals surface area contributed by atoms with Gasteiger partial charge >= 0.3 is 0 Å². The van der Waals surface area contributed by atoms with Gasteiger partial charge in [0.05, 0.1) is 6.10 Å². The number of ketones is 1. The highest BCUT2D eigenvalue weighted by Crippen LogP contribution is 2.64. The Morgan fingerprint density at radius 1 is 1.23 bits per heavy atom. The zero-order valence-corrected chi connectivity index (χ0v) is 13.6. The van der Waals surface area contributed by atoms with Crippen molar-refractivity contribution in [1.29, 1.82) is 0 Å². The molecule has 22 heavy (non-hydrogen) atoms. The molecule has 122 valence electrons. The third-order valence-corrected chi connectivity index (χ3v) is 7.80. The third kappa shape index (κ3) is 1.78. The van der Waals surface area contributed by atoms with Crippen molar-refractivity contribution < 1.29 is 14.3 Å². The quantitative estimate of drug-likeness (QED) is 0.691. The van der Waals surface area contributed by atoms with E-state index in [-0.39, 0.29) is 10.8 Å². The molecule has 3 fully saturated rings. The maximum atomic E-state index is 14.2. The summed E-state index contributed by atoms with van der Waals surface area (Å²) in [5, 5.41) is 9.89. The van der Waals surface area contributed by atoms with Gasteiger partial charge in [-0.15, -0.1) is 0 Å². The third-order valence-electron chi connectivity index (χ3n) is 7.80. The molecule has 2 nitrogen and oxygen atoms in total. The van der Waals surface area contributed by atoms with Gasteiger partial charge in [0.15, 0.2) is 0 Å². The van der Waals surface area contributed by atoms with Crippen molar-refractivity contribution in [2.75, 3.05) is 0 Å². The lowest BCUT2D eigenvalue weighted by Crippen LogP contribution is -2.52. The first-order valence-corrected chi connectivity index (χ1v) is 8.91. The minimum absolute atomic E-state index is 0.103. The van der Waals surface area contributed by atoms with Crippen LogP contribution in [0.5, 0.6) is 0 Å². The van der Waals surface area contributed by atoms with E-state index in [0.29, 0.717) is 36.4 Å². The zero-order valence-electron chi connectivity index (χ0n) is 13.6. The predicted octanol–water partition coefficient (Wildman–Crippen LogP) is 3.83. The van der Waals surface area contributed by atoms with Crippen LogP contribution in [0.15, 0.2) is 11.6 Å². The molecule has 0 aromatic carbocycles. The summed E-state index contributed by atoms with van der Waals surface area (Å²) in [7, 11) is 0. The summed E-state index contributed by atoms with van der Waals surface area (Å²) in [5.74, 6) is 1.96. The van der Waals surface area contributed by atoms with Crippen LogP contribution in [0.4, 0.5) is 4.39 Å². The van der Waals surface area contributed by atoms with E-state index in [9.17, 15) is 14.3 Å². The average molecular weight is 306 g/mol. The number of aliphatic hydroxyl groups is 1. The Hall–Kier alpha value is -0.700. The molecule has 0 spiro atoms. The summed E-state index contributed by atoms with van der Waals surface area (Å²) in [6, 6.07) is 0. The fourth-order valence-electron chi connectivity index (χ4n) is 6.42. The number of hydrogen-bond donors (Lipinski definition) is 1. The topological polar surface area (TPSA) is 37.3 Å². The van der Waals surface area contributed by atoms with Crippen LogP contribution in [-0.4, -0.2) is 23.2 Å². The van der Waals surface area contributed by atoms with Crippen molar-refractivity contribution in [2.24, 2.45) is 28.6 Å². The van der Waals surface area contributed by atoms with Crippen LogP contribution in [0.2, 0.25) is 0 Å². The number of carbonyl (C=O) groups excluding carboxylic acids is 1. The van der Waals surface area contributed by atoms with Crippen molar-refractivity contribution in [3.05, 3.63) is 11.6 Å². The van der Waals surface area contributed by atoms with Crippen LogP contribution in [0.1, 0.15) is 58.8 Å². The molecule has 0 unspecified atom stereocenters. The predicted molar refractivity (Wildman–Crippen MR) is 83.0 cm³/mol. The summed E-state index contributed by atoms with van der Waals surface area (Å²) in [6.45, 7) is 4.39. The number of Topliss-reactive ketones (excluding diaryl/α,β-unsaturated/α-hetero) is 1. The SMILES string of the molecule is C[C@]12C[C@@H](F)[C@H](O)CC1=CC[C@@H]1[C@@H]2CC[C@]2(C)C(=O)CC[C@@H]12. The lowest BCUT2D eigenvalue weighted by Gasteiger charge is -2.57. The number of allylic oxidation sites excluding steroid dienone is 1. The van der Waals surface area contributed by atoms with Gasteiger partial charge in [-0.25, -0.2) is 4.39 Å². The standard InChI is InChI=1S/C19H27FO2/c1-18-8-7-14-12(13(18)5-6-17(18)22)4-3-11-9-16(21)15(20)10-19(11,14)2/h3,12-16,21H,4-10H2,1-2H3/t12-,13-,14-,15+,16+,18-,19-/m0/s1. The van der Waals surface area contributed by atoms with Crippen molar-refractivity contribution in [3.63, 3.8) is 0 Å². The Morgan fingerprint density at radius 2 is 1.95 bits per heavy atom. The molecule has 0 bridgehead atoms. The van der Waals surface area contributed by atoms with Crippen LogP contribution in [0, 0.1) is 28.6 Å². The monoisotopic (exact) mass is 306 g/mol. The van der Waals surface area contributed by atoms with E-state index >= 15 is 0 Å². The molecule has 0 heterocycles. The summed E-state index contributed by atoms with van der Waals surface area (Å²) < 4.78 is 14.2. The summed E-state index contributed by atoms with van der Waals surface area (Å²) in [5.41, 5.74) is 1.06. The maximum absolute atomic E-state index is 14.2. The minimum atomic E-state index is -1.10. The van der Waals surface area contributed by atoms with E-state index in [1.165, 1.54) is 5.57 Å². The number of alkyl halides is 1. The molecule has 3 saturated carbocycles. The smallest absolute Gasteiger partial charge is 0.139 e. The Bertz CT molecular complexity index is 542. The molecule has 4 aliphatic rings. The number of carbonyl (C=O) groups is 1. The highest BCUT2D eigenvalue weighted by Gasteiger charge is 2.59. The van der Waals surface area contributed by atoms with Crippen molar-refractivity contribution in [3.8, 4) is 0 Å². The fraction of sp³-hybridized carbons (Fsp3) is 0.842. The molecular formula is C19H27FO2. The largest absolute Gasteiger partial charge is 0.390 e. The van der Waals surface area contributed by atoms with Crippen molar-refractivity contribution >= 4 is 5.78 Å². The van der Waals surface area contributed by atoms with Gasteiger partial charge in [0.1, 0.15) is 12.0 Å². The Morgan fingerprint density at radius 3 is 2.73 bits per heavy atom. The molecule has 0 saturated heterocycles. The molecule has 7 atom stereocenters. The summed E-state index contributed by atoms with van der Waals surface area (Å²) >= 11 is 0. The minimum Gasteiger partial charge on any atom is -0.390 e. The van der Waals surface area contributed by atoms with Crippen molar-refractivity contribution in [2.45, 2.75) is 71.1 Å². The summed E-state index contributed by atoms with van der Waals surface area (Å²) in [6.07, 6.45) is 6.12. The number of rotatable bonds is 0. The first-order valence-electron chi connectivity index (χ1n) is 8.91. The van der Waals surface area contributed by atoms with E-state index in [1.54, 1.807) is 0 Å². The van der Waals surface area contributed by atoms with Gasteiger partial charge in [-0.05, 0) is 61.7 Å². The molecule has 4 rings (SSSR count). The fourth-order valence-corrected chi connectivity index (χ4v) is 6.42. The lowest BCUT2D eigenvalue weighted by atomic mass is 9.48. The van der Waals surface area contributed by atoms with Gasteiger partial charge in [-0.2, -0.15) is 0 Å². The van der Waals surface area contributed by atoms with E-state index in [0.717, 1.165) is 32.1 Å². The molecule has 0 amide bonds. The first kappa shape index (κ1) is 14.9. The second-order valence-electron chi connectivity index (χ2n) is 8.67. The Kier molecular flexibility index (Phi) is 3.15. The number of hydrogen-bond acceptors (Lipinski definition) is 2. The number of fused-ring (bicyclic) bond motifs is 5. The van der Waals surface area contributed by atoms with Crippen LogP contribution in [0.25, 0.3) is 0 Å². The Labute approximate surface area is 132 Å². The second-order valence-corrected chi connectivity index (χ2v) is 8.67. The summed E-state index contributed by atoms with van der Waals surface area (Å²) in [4.78, 5) is 12.4. The highest BCUT2D eigenvalue weighted by molar-refractivity contribution is 5.87. The van der Waals surface area contributed by atoms with Gasteiger partial charge in [0, 0.05) is 11.8 Å². The number of aliphatic hydroxyl groups excluding tert-OH is 1. The average Bonchev–Trinajstić information content (AvgIpc) is 2.77. The normalized spacial score (nSPS) is 54.3. The molecular weight excluding hydrogens is 279 g/mol. The molecule has 4 aliphatic carbocycles. The molecule has 0 aromatic rings. The van der Waals surface area contributed by atoms with E-state index in [4.69, 9.17) is 0 Å². The van der Waals surface area contributed by atoms with Crippen LogP contribution in [0.3, 0.4) is 0 Å². The van der Waals surface area contributed by atoms with Gasteiger partial charge in [-0.3, -0.25) is 4.79 Å². The van der Waals surface area contributed by atoms with Gasteiger partial charge in [-0.1, -0.05) is 25.5 Å². The highest BCUT2D eigenvalue weighted by atomic mass is 19.1. The molecule has 3 heteroatoms. The first-order chi connectivity index (χ1) is 10.4. The van der Waals surface area contributed by atoms with Crippen molar-refractivity contribution in [1.82, 2.24) is 0 Å². The van der Waals surface area contributed by atoms with E-state index in [1.807, 2.05) is 0 Å². The zero-order chi connectivity index (χ0) is 15.7. The van der Waals surface area contributed by atoms with Crippen LogP contribution < -0.4 is 0 Å². The van der Waals surface area contributed by atoms with Crippen LogP contribution >= 0.6 is 0 Å². The molecule has 0 aromatic heterocycles. The van der Waals surface area contributed by atoms with Crippen LogP contribution in [-0.2, 0) is 4.79 Å². The van der Waals surface area contributed by atoms with E-state index in [2.05, 4.69) is 19.9 Å². The van der Waals surface area contributed by atoms with E-state index < -0.39 is 12.3 Å². The van der Waals surface area contributed by atoms with Gasteiger partial charge in [0.2, 0.25) is 0 Å². The molecule has 0 radical (unpaired) electrons. The lowest BCUT2D eigenvalue weighted by molar-refractivity contribution is -0.132. The number of halogens is 1. The maximum Gasteiger partial charge on any atom is 0.139 e. The molecule has 0 aliphatic heterocycles. The van der Waals surface area contributed by atoms with Gasteiger partial charge in [0.25, 0.3) is 0 Å². The second kappa shape index (κ2) is 4.66. The van der Waals surface area contributed by atoms with Gasteiger partial charge < -0.3 is 5.11 Å². The Balaban J connectivity index is 1.70.